The maximum Gasteiger partial charge on any atom is 0.262 e. The Kier molecular flexibility index (Phi) is 6.79. The Labute approximate surface area is 207 Å². The fraction of sp³-hybridized carbons (Fsp3) is 0.500. The van der Waals surface area contributed by atoms with Crippen molar-refractivity contribution in [2.75, 3.05) is 17.1 Å². The summed E-state index contributed by atoms with van der Waals surface area (Å²) in [6, 6.07) is 9.76. The monoisotopic (exact) mass is 501 g/mol. The minimum absolute atomic E-state index is 0.0690. The van der Waals surface area contributed by atoms with Gasteiger partial charge in [0.25, 0.3) is 10.0 Å². The van der Waals surface area contributed by atoms with Crippen molar-refractivity contribution in [1.82, 2.24) is 0 Å². The van der Waals surface area contributed by atoms with Crippen molar-refractivity contribution in [3.05, 3.63) is 58.1 Å². The number of fused-ring (bicyclic) bond motifs is 2. The van der Waals surface area contributed by atoms with E-state index < -0.39 is 15.6 Å². The lowest BCUT2D eigenvalue weighted by Gasteiger charge is -2.33. The van der Waals surface area contributed by atoms with E-state index in [1.807, 2.05) is 39.8 Å². The molecule has 0 bridgehead atoms. The highest BCUT2D eigenvalue weighted by Crippen LogP contribution is 2.42. The van der Waals surface area contributed by atoms with E-state index in [1.165, 1.54) is 11.8 Å². The molecule has 1 unspecified atom stereocenters. The first-order valence-electron chi connectivity index (χ1n) is 11.8. The lowest BCUT2D eigenvalue weighted by molar-refractivity contribution is 0.0634. The summed E-state index contributed by atoms with van der Waals surface area (Å²) in [5.74, 6) is 1.14. The fourth-order valence-electron chi connectivity index (χ4n) is 4.69. The van der Waals surface area contributed by atoms with E-state index in [1.54, 1.807) is 6.07 Å². The lowest BCUT2D eigenvalue weighted by atomic mass is 9.87. The summed E-state index contributed by atoms with van der Waals surface area (Å²) < 4.78 is 36.4. The molecule has 1 atom stereocenters. The zero-order valence-corrected chi connectivity index (χ0v) is 22.4. The Hall–Kier alpha value is -2.03. The number of nitrogens with one attached hydrogen (secondary N) is 1. The Morgan fingerprint density at radius 1 is 1.03 bits per heavy atom. The third kappa shape index (κ3) is 4.60. The number of nitrogens with zero attached hydrogens (tertiary/aromatic N) is 1. The molecule has 6 nitrogen and oxygen atoms in total. The normalized spacial score (nSPS) is 20.3. The van der Waals surface area contributed by atoms with Crippen LogP contribution in [0, 0.1) is 0 Å². The van der Waals surface area contributed by atoms with Gasteiger partial charge in [0, 0.05) is 11.4 Å². The molecule has 34 heavy (non-hydrogen) atoms. The van der Waals surface area contributed by atoms with Crippen LogP contribution in [0.5, 0.6) is 0 Å². The minimum atomic E-state index is -3.83. The standard InChI is InChI=1S/C26H35N3O3S2/c1-15(2)19-9-21(16(3)4)24(22(10-19)17(5)6)34(30,31)29-20-8-7-18-12-32-13-26(23(18)11-20)14-33-25(27)28-26/h7-11,15-17,29H,12-14H2,1-6H3,(H2,27,28). The number of sulfonamides is 1. The first kappa shape index (κ1) is 25.1. The number of benzene rings is 2. The van der Waals surface area contributed by atoms with Gasteiger partial charge in [-0.2, -0.15) is 0 Å². The van der Waals surface area contributed by atoms with E-state index >= 15 is 0 Å². The number of amidine groups is 1. The fourth-order valence-corrected chi connectivity index (χ4v) is 7.37. The van der Waals surface area contributed by atoms with Crippen molar-refractivity contribution in [3.63, 3.8) is 0 Å². The molecule has 4 rings (SSSR count). The number of rotatable bonds is 6. The van der Waals surface area contributed by atoms with Crippen LogP contribution in [0.25, 0.3) is 0 Å². The van der Waals surface area contributed by atoms with Crippen molar-refractivity contribution in [2.24, 2.45) is 10.7 Å². The van der Waals surface area contributed by atoms with Crippen molar-refractivity contribution in [2.45, 2.75) is 76.3 Å². The number of hydrogen-bond donors (Lipinski definition) is 2. The maximum atomic E-state index is 13.9. The van der Waals surface area contributed by atoms with Crippen LogP contribution in [-0.2, 0) is 26.9 Å². The molecule has 184 valence electrons. The minimum Gasteiger partial charge on any atom is -0.379 e. The molecular weight excluding hydrogens is 466 g/mol. The SMILES string of the molecule is CC(C)c1cc(C(C)C)c(S(=O)(=O)Nc2ccc3c(c2)C2(COC3)CSC(N)=N2)c(C(C)C)c1. The van der Waals surface area contributed by atoms with E-state index in [2.05, 4.69) is 35.7 Å². The largest absolute Gasteiger partial charge is 0.379 e. The summed E-state index contributed by atoms with van der Waals surface area (Å²) in [5.41, 5.74) is 10.8. The number of hydrogen-bond acceptors (Lipinski definition) is 6. The van der Waals surface area contributed by atoms with Gasteiger partial charge in [0.2, 0.25) is 0 Å². The van der Waals surface area contributed by atoms with Crippen molar-refractivity contribution in [3.8, 4) is 0 Å². The molecule has 2 heterocycles. The van der Waals surface area contributed by atoms with Crippen LogP contribution in [0.4, 0.5) is 5.69 Å². The van der Waals surface area contributed by atoms with Gasteiger partial charge in [0.15, 0.2) is 5.17 Å². The summed E-state index contributed by atoms with van der Waals surface area (Å²) in [6.07, 6.45) is 0. The summed E-state index contributed by atoms with van der Waals surface area (Å²) in [4.78, 5) is 5.07. The van der Waals surface area contributed by atoms with Gasteiger partial charge in [-0.25, -0.2) is 13.4 Å². The van der Waals surface area contributed by atoms with E-state index in [9.17, 15) is 8.42 Å². The van der Waals surface area contributed by atoms with Gasteiger partial charge in [-0.1, -0.05) is 71.5 Å². The molecule has 2 aliphatic rings. The van der Waals surface area contributed by atoms with Crippen LogP contribution < -0.4 is 10.5 Å². The van der Waals surface area contributed by atoms with Crippen LogP contribution in [0.1, 0.15) is 87.1 Å². The molecule has 0 amide bonds. The quantitative estimate of drug-likeness (QED) is 0.534. The highest BCUT2D eigenvalue weighted by Gasteiger charge is 2.41. The molecule has 0 aromatic heterocycles. The van der Waals surface area contributed by atoms with Crippen molar-refractivity contribution >= 4 is 32.6 Å². The third-order valence-corrected chi connectivity index (χ3v) is 9.12. The van der Waals surface area contributed by atoms with Gasteiger partial charge in [-0.3, -0.25) is 4.72 Å². The van der Waals surface area contributed by atoms with Gasteiger partial charge in [-0.15, -0.1) is 0 Å². The molecule has 0 saturated carbocycles. The van der Waals surface area contributed by atoms with Crippen molar-refractivity contribution < 1.29 is 13.2 Å². The number of ether oxygens (including phenoxy) is 1. The topological polar surface area (TPSA) is 93.8 Å². The summed E-state index contributed by atoms with van der Waals surface area (Å²) in [7, 11) is -3.83. The Morgan fingerprint density at radius 3 is 2.21 bits per heavy atom. The highest BCUT2D eigenvalue weighted by molar-refractivity contribution is 8.14. The Morgan fingerprint density at radius 2 is 1.68 bits per heavy atom. The summed E-state index contributed by atoms with van der Waals surface area (Å²) in [6.45, 7) is 13.4. The molecule has 0 radical (unpaired) electrons. The van der Waals surface area contributed by atoms with E-state index in [0.717, 1.165) is 27.8 Å². The van der Waals surface area contributed by atoms with E-state index in [4.69, 9.17) is 10.5 Å². The van der Waals surface area contributed by atoms with Crippen LogP contribution in [0.3, 0.4) is 0 Å². The van der Waals surface area contributed by atoms with Gasteiger partial charge in [0.1, 0.15) is 5.54 Å². The van der Waals surface area contributed by atoms with Crippen molar-refractivity contribution in [1.29, 1.82) is 0 Å². The summed E-state index contributed by atoms with van der Waals surface area (Å²) in [5, 5.41) is 0.538. The molecule has 3 N–H and O–H groups in total. The van der Waals surface area contributed by atoms with Crippen LogP contribution >= 0.6 is 11.8 Å². The molecule has 0 saturated heterocycles. The first-order valence-corrected chi connectivity index (χ1v) is 14.3. The molecule has 8 heteroatoms. The molecule has 2 aromatic rings. The molecule has 1 spiro atoms. The van der Waals surface area contributed by atoms with E-state index in [0.29, 0.717) is 40.6 Å². The maximum absolute atomic E-state index is 13.9. The second-order valence-corrected chi connectivity index (χ2v) is 12.8. The zero-order valence-electron chi connectivity index (χ0n) is 20.8. The second kappa shape index (κ2) is 9.21. The Bertz CT molecular complexity index is 1210. The van der Waals surface area contributed by atoms with Crippen LogP contribution in [0.15, 0.2) is 40.2 Å². The number of anilines is 1. The van der Waals surface area contributed by atoms with Gasteiger partial charge in [0.05, 0.1) is 18.1 Å². The van der Waals surface area contributed by atoms with Crippen LogP contribution in [0.2, 0.25) is 0 Å². The summed E-state index contributed by atoms with van der Waals surface area (Å²) >= 11 is 1.51. The number of nitrogens with two attached hydrogens (primary N) is 1. The predicted molar refractivity (Wildman–Crippen MR) is 141 cm³/mol. The molecule has 2 aromatic carbocycles. The average Bonchev–Trinajstić information content (AvgIpc) is 3.13. The van der Waals surface area contributed by atoms with E-state index in [-0.39, 0.29) is 11.8 Å². The molecule has 0 fully saturated rings. The second-order valence-electron chi connectivity index (χ2n) is 10.2. The van der Waals surface area contributed by atoms with Gasteiger partial charge in [-0.05, 0) is 57.7 Å². The number of aliphatic imine (C=N–C) groups is 1. The third-order valence-electron chi connectivity index (χ3n) is 6.59. The lowest BCUT2D eigenvalue weighted by Crippen LogP contribution is -2.35. The number of thioether (sulfide) groups is 1. The van der Waals surface area contributed by atoms with Gasteiger partial charge < -0.3 is 10.5 Å². The average molecular weight is 502 g/mol. The van der Waals surface area contributed by atoms with Gasteiger partial charge >= 0.3 is 0 Å². The Balaban J connectivity index is 1.80. The molecular formula is C26H35N3O3S2. The predicted octanol–water partition coefficient (Wildman–Crippen LogP) is 5.64. The van der Waals surface area contributed by atoms with Crippen LogP contribution in [-0.4, -0.2) is 25.9 Å². The highest BCUT2D eigenvalue weighted by atomic mass is 32.2. The smallest absolute Gasteiger partial charge is 0.262 e. The molecule has 0 aliphatic carbocycles. The zero-order chi connectivity index (χ0) is 24.8. The molecule has 2 aliphatic heterocycles. The first-order chi connectivity index (χ1) is 15.9.